The topological polar surface area (TPSA) is 68.0 Å². The molecule has 5 nitrogen and oxygen atoms in total. The lowest BCUT2D eigenvalue weighted by molar-refractivity contribution is 0.509. The maximum absolute atomic E-state index is 12.8. The van der Waals surface area contributed by atoms with E-state index in [-0.39, 0.29) is 5.88 Å². The van der Waals surface area contributed by atoms with Crippen LogP contribution in [-0.4, -0.2) is 9.55 Å². The van der Waals surface area contributed by atoms with Crippen LogP contribution in [-0.2, 0) is 12.8 Å². The Balaban J connectivity index is 0.000000140. The van der Waals surface area contributed by atoms with Gasteiger partial charge in [-0.2, -0.15) is 8.96 Å². The molecule has 0 saturated carbocycles. The SMILES string of the molecule is O=c1[nH]cc(F)c(=O)n1-c1ccco1.c1ccc2c(c1)ccc1c3c(ccc12)CCCC3. The number of aromatic nitrogens is 2. The van der Waals surface area contributed by atoms with Gasteiger partial charge in [-0.3, -0.25) is 4.79 Å². The van der Waals surface area contributed by atoms with Gasteiger partial charge in [0.05, 0.1) is 6.26 Å². The number of hydrogen-bond acceptors (Lipinski definition) is 3. The molecule has 1 aliphatic carbocycles. The van der Waals surface area contributed by atoms with Crippen molar-refractivity contribution in [1.82, 2.24) is 9.55 Å². The largest absolute Gasteiger partial charge is 0.448 e. The minimum Gasteiger partial charge on any atom is -0.448 e. The van der Waals surface area contributed by atoms with E-state index in [1.165, 1.54) is 65.6 Å². The zero-order valence-corrected chi connectivity index (χ0v) is 17.3. The molecule has 1 N–H and O–H groups in total. The maximum Gasteiger partial charge on any atom is 0.335 e. The van der Waals surface area contributed by atoms with Crippen LogP contribution in [0.3, 0.4) is 0 Å². The second-order valence-corrected chi connectivity index (χ2v) is 7.83. The van der Waals surface area contributed by atoms with Crippen molar-refractivity contribution in [3.63, 3.8) is 0 Å². The van der Waals surface area contributed by atoms with E-state index in [4.69, 9.17) is 4.42 Å². The summed E-state index contributed by atoms with van der Waals surface area (Å²) in [5.41, 5.74) is 1.39. The van der Waals surface area contributed by atoms with Crippen molar-refractivity contribution in [2.24, 2.45) is 0 Å². The molecule has 160 valence electrons. The molecular weight excluding hydrogens is 407 g/mol. The predicted octanol–water partition coefficient (Wildman–Crippen LogP) is 5.13. The van der Waals surface area contributed by atoms with Gasteiger partial charge in [-0.25, -0.2) is 4.79 Å². The molecule has 0 amide bonds. The molecule has 0 unspecified atom stereocenters. The number of furan rings is 1. The molecule has 2 heterocycles. The van der Waals surface area contributed by atoms with Gasteiger partial charge in [0.1, 0.15) is 0 Å². The molecule has 6 heteroatoms. The lowest BCUT2D eigenvalue weighted by Gasteiger charge is -2.18. The third-order valence-electron chi connectivity index (χ3n) is 5.92. The minimum atomic E-state index is -1.04. The number of aromatic amines is 1. The first-order valence-electron chi connectivity index (χ1n) is 10.6. The lowest BCUT2D eigenvalue weighted by atomic mass is 9.86. The van der Waals surface area contributed by atoms with Gasteiger partial charge in [-0.15, -0.1) is 0 Å². The third-order valence-corrected chi connectivity index (χ3v) is 5.92. The van der Waals surface area contributed by atoms with Gasteiger partial charge in [0.2, 0.25) is 11.7 Å². The van der Waals surface area contributed by atoms with Crippen LogP contribution >= 0.6 is 0 Å². The van der Waals surface area contributed by atoms with E-state index in [2.05, 4.69) is 53.5 Å². The van der Waals surface area contributed by atoms with Crippen LogP contribution in [0.5, 0.6) is 0 Å². The molecule has 0 bridgehead atoms. The summed E-state index contributed by atoms with van der Waals surface area (Å²) in [6.45, 7) is 0. The van der Waals surface area contributed by atoms with E-state index in [1.807, 2.05) is 0 Å². The summed E-state index contributed by atoms with van der Waals surface area (Å²) in [7, 11) is 0. The van der Waals surface area contributed by atoms with Crippen LogP contribution < -0.4 is 11.2 Å². The van der Waals surface area contributed by atoms with Gasteiger partial charge in [0, 0.05) is 12.3 Å². The number of fused-ring (bicyclic) bond motifs is 5. The van der Waals surface area contributed by atoms with Crippen molar-refractivity contribution in [2.75, 3.05) is 0 Å². The number of aryl methyl sites for hydroxylation is 2. The molecule has 0 radical (unpaired) electrons. The average molecular weight is 428 g/mol. The summed E-state index contributed by atoms with van der Waals surface area (Å²) in [6, 6.07) is 20.8. The highest BCUT2D eigenvalue weighted by molar-refractivity contribution is 6.08. The quantitative estimate of drug-likeness (QED) is 0.377. The Hall–Kier alpha value is -3.93. The first-order chi connectivity index (χ1) is 15.6. The van der Waals surface area contributed by atoms with E-state index in [1.54, 1.807) is 11.1 Å². The van der Waals surface area contributed by atoms with Gasteiger partial charge >= 0.3 is 5.69 Å². The van der Waals surface area contributed by atoms with E-state index < -0.39 is 17.1 Å². The minimum absolute atomic E-state index is 0.0178. The average Bonchev–Trinajstić information content (AvgIpc) is 3.36. The predicted molar refractivity (Wildman–Crippen MR) is 123 cm³/mol. The molecule has 6 rings (SSSR count). The Morgan fingerprint density at radius 1 is 0.844 bits per heavy atom. The molecule has 0 atom stereocenters. The fourth-order valence-electron chi connectivity index (χ4n) is 4.39. The van der Waals surface area contributed by atoms with E-state index in [0.717, 1.165) is 0 Å². The number of nitrogens with zero attached hydrogens (tertiary/aromatic N) is 1. The molecule has 0 fully saturated rings. The molecule has 0 aliphatic heterocycles. The van der Waals surface area contributed by atoms with Crippen LogP contribution in [0.2, 0.25) is 0 Å². The Kier molecular flexibility index (Phi) is 5.19. The number of halogens is 1. The number of nitrogens with one attached hydrogen (secondary N) is 1. The number of benzene rings is 3. The smallest absolute Gasteiger partial charge is 0.335 e. The second-order valence-electron chi connectivity index (χ2n) is 7.83. The lowest BCUT2D eigenvalue weighted by Crippen LogP contribution is -2.34. The summed E-state index contributed by atoms with van der Waals surface area (Å²) in [5, 5.41) is 5.64. The summed E-state index contributed by atoms with van der Waals surface area (Å²) in [6.07, 6.45) is 7.21. The summed E-state index contributed by atoms with van der Waals surface area (Å²) in [5.74, 6) is -1.06. The van der Waals surface area contributed by atoms with Crippen LogP contribution in [0, 0.1) is 5.82 Å². The highest BCUT2D eigenvalue weighted by Crippen LogP contribution is 2.33. The van der Waals surface area contributed by atoms with Crippen LogP contribution in [0.4, 0.5) is 4.39 Å². The summed E-state index contributed by atoms with van der Waals surface area (Å²) in [4.78, 5) is 24.4. The molecule has 3 aromatic carbocycles. The van der Waals surface area contributed by atoms with Crippen LogP contribution in [0.1, 0.15) is 24.0 Å². The zero-order chi connectivity index (χ0) is 22.1. The molecule has 1 aliphatic rings. The first-order valence-corrected chi connectivity index (χ1v) is 10.6. The van der Waals surface area contributed by atoms with Crippen molar-refractivity contribution < 1.29 is 8.81 Å². The highest BCUT2D eigenvalue weighted by Gasteiger charge is 2.13. The monoisotopic (exact) mass is 428 g/mol. The molecule has 0 spiro atoms. The van der Waals surface area contributed by atoms with Crippen LogP contribution in [0.15, 0.2) is 87.1 Å². The molecule has 5 aromatic rings. The van der Waals surface area contributed by atoms with Gasteiger partial charge in [-0.05, 0) is 64.4 Å². The van der Waals surface area contributed by atoms with Gasteiger partial charge < -0.3 is 9.40 Å². The Morgan fingerprint density at radius 3 is 2.50 bits per heavy atom. The third kappa shape index (κ3) is 3.54. The molecule has 2 aromatic heterocycles. The zero-order valence-electron chi connectivity index (χ0n) is 17.3. The normalized spacial score (nSPS) is 12.9. The van der Waals surface area contributed by atoms with Gasteiger partial charge in [-0.1, -0.05) is 48.5 Å². The fourth-order valence-corrected chi connectivity index (χ4v) is 4.39. The number of hydrogen-bond donors (Lipinski definition) is 1. The van der Waals surface area contributed by atoms with Crippen molar-refractivity contribution in [1.29, 1.82) is 0 Å². The number of rotatable bonds is 1. The summed E-state index contributed by atoms with van der Waals surface area (Å²) >= 11 is 0. The second kappa shape index (κ2) is 8.30. The molecule has 32 heavy (non-hydrogen) atoms. The van der Waals surface area contributed by atoms with Crippen molar-refractivity contribution in [3.05, 3.63) is 111 Å². The van der Waals surface area contributed by atoms with Gasteiger partial charge in [0.15, 0.2) is 0 Å². The number of H-pyrrole nitrogens is 1. The summed E-state index contributed by atoms with van der Waals surface area (Å²) < 4.78 is 18.2. The highest BCUT2D eigenvalue weighted by atomic mass is 19.1. The fraction of sp³-hybridized carbons (Fsp3) is 0.154. The Morgan fingerprint density at radius 2 is 1.66 bits per heavy atom. The van der Waals surface area contributed by atoms with Gasteiger partial charge in [0.25, 0.3) is 5.56 Å². The van der Waals surface area contributed by atoms with Crippen molar-refractivity contribution in [2.45, 2.75) is 25.7 Å². The van der Waals surface area contributed by atoms with E-state index in [0.29, 0.717) is 10.8 Å². The Labute approximate surface area is 182 Å². The van der Waals surface area contributed by atoms with E-state index >= 15 is 0 Å². The van der Waals surface area contributed by atoms with Crippen molar-refractivity contribution >= 4 is 21.5 Å². The first kappa shape index (κ1) is 20.0. The Bertz CT molecular complexity index is 1530. The maximum atomic E-state index is 12.8. The van der Waals surface area contributed by atoms with E-state index in [9.17, 15) is 14.0 Å². The van der Waals surface area contributed by atoms with Crippen molar-refractivity contribution in [3.8, 4) is 5.88 Å². The van der Waals surface area contributed by atoms with Crippen LogP contribution in [0.25, 0.3) is 27.4 Å². The molecular formula is C26H21FN2O3. The molecule has 0 saturated heterocycles. The standard InChI is InChI=1S/C18H16.C8H5FN2O3/c1-3-7-15-13(5-1)9-11-18-16-8-4-2-6-14(16)10-12-17(15)18;9-5-4-10-8(13)11(7(5)12)6-2-1-3-14-6/h1,3,5,7,9-12H,2,4,6,8H2;1-4H,(H,10,13).